The molecule has 0 aliphatic carbocycles. The molecule has 0 spiro atoms. The van der Waals surface area contributed by atoms with E-state index in [9.17, 15) is 14.9 Å². The first-order chi connectivity index (χ1) is 11.8. The smallest absolute Gasteiger partial charge is 0.269 e. The maximum absolute atomic E-state index is 12.2. The number of anilines is 1. The first-order valence-corrected chi connectivity index (χ1v) is 8.12. The van der Waals surface area contributed by atoms with E-state index >= 15 is 0 Å². The van der Waals surface area contributed by atoms with Crippen molar-refractivity contribution < 1.29 is 9.72 Å². The highest BCUT2D eigenvalue weighted by atomic mass is 35.5. The number of amides is 1. The number of likely N-dealkylation sites (N-methyl/N-ethyl adjacent to an activating group) is 1. The number of hydrogen-bond acceptors (Lipinski definition) is 4. The molecule has 25 heavy (non-hydrogen) atoms. The molecule has 1 amide bonds. The number of aryl methyl sites for hydroxylation is 2. The van der Waals surface area contributed by atoms with Crippen molar-refractivity contribution >= 4 is 28.9 Å². The molecule has 6 nitrogen and oxygen atoms in total. The minimum atomic E-state index is -0.466. The van der Waals surface area contributed by atoms with Crippen LogP contribution in [-0.2, 0) is 11.3 Å². The van der Waals surface area contributed by atoms with Gasteiger partial charge in [-0.2, -0.15) is 0 Å². The molecule has 2 rings (SSSR count). The number of hydrogen-bond donors (Lipinski definition) is 1. The molecule has 0 saturated carbocycles. The third-order valence-electron chi connectivity index (χ3n) is 3.75. The van der Waals surface area contributed by atoms with E-state index in [0.29, 0.717) is 17.1 Å². The molecule has 2 aromatic rings. The van der Waals surface area contributed by atoms with Crippen LogP contribution < -0.4 is 5.32 Å². The predicted molar refractivity (Wildman–Crippen MR) is 99.0 cm³/mol. The monoisotopic (exact) mass is 361 g/mol. The molecule has 0 unspecified atom stereocenters. The van der Waals surface area contributed by atoms with Crippen molar-refractivity contribution in [1.29, 1.82) is 0 Å². The van der Waals surface area contributed by atoms with E-state index in [2.05, 4.69) is 5.32 Å². The zero-order valence-electron chi connectivity index (χ0n) is 14.4. The van der Waals surface area contributed by atoms with Gasteiger partial charge in [-0.05, 0) is 44.2 Å². The Morgan fingerprint density at radius 1 is 1.24 bits per heavy atom. The van der Waals surface area contributed by atoms with Crippen LogP contribution in [0.25, 0.3) is 0 Å². The second-order valence-electron chi connectivity index (χ2n) is 6.07. The molecule has 0 aliphatic heterocycles. The number of nitrogens with zero attached hydrogens (tertiary/aromatic N) is 2. The molecule has 2 aromatic carbocycles. The van der Waals surface area contributed by atoms with Crippen LogP contribution in [-0.4, -0.2) is 29.3 Å². The zero-order valence-corrected chi connectivity index (χ0v) is 15.1. The number of non-ortho nitro benzene ring substituents is 1. The summed E-state index contributed by atoms with van der Waals surface area (Å²) in [7, 11) is 1.76. The maximum Gasteiger partial charge on any atom is 0.269 e. The fraction of sp³-hybridized carbons (Fsp3) is 0.278. The third-order valence-corrected chi connectivity index (χ3v) is 4.12. The van der Waals surface area contributed by atoms with Gasteiger partial charge in [-0.3, -0.25) is 19.8 Å². The number of nitrogens with one attached hydrogen (secondary N) is 1. The lowest BCUT2D eigenvalue weighted by Crippen LogP contribution is -2.30. The molecule has 132 valence electrons. The van der Waals surface area contributed by atoms with Crippen molar-refractivity contribution in [3.05, 3.63) is 68.2 Å². The first kappa shape index (κ1) is 18.9. The van der Waals surface area contributed by atoms with Gasteiger partial charge in [0.05, 0.1) is 11.5 Å². The fourth-order valence-corrected chi connectivity index (χ4v) is 2.71. The maximum atomic E-state index is 12.2. The number of nitro benzene ring substituents is 1. The van der Waals surface area contributed by atoms with Crippen LogP contribution in [0, 0.1) is 24.0 Å². The first-order valence-electron chi connectivity index (χ1n) is 7.74. The van der Waals surface area contributed by atoms with Crippen molar-refractivity contribution in [3.8, 4) is 0 Å². The number of nitro groups is 1. The van der Waals surface area contributed by atoms with Gasteiger partial charge in [-0.1, -0.05) is 29.3 Å². The number of carbonyl (C=O) groups is 1. The van der Waals surface area contributed by atoms with Crippen molar-refractivity contribution in [2.45, 2.75) is 20.4 Å². The summed E-state index contributed by atoms with van der Waals surface area (Å²) in [6.45, 7) is 4.41. The summed E-state index contributed by atoms with van der Waals surface area (Å²) < 4.78 is 0. The summed E-state index contributed by atoms with van der Waals surface area (Å²) >= 11 is 6.10. The van der Waals surface area contributed by atoms with Crippen LogP contribution in [0.2, 0.25) is 5.02 Å². The van der Waals surface area contributed by atoms with Crippen LogP contribution in [0.4, 0.5) is 11.4 Å². The molecule has 0 fully saturated rings. The van der Waals surface area contributed by atoms with Crippen molar-refractivity contribution in [3.63, 3.8) is 0 Å². The van der Waals surface area contributed by atoms with E-state index in [-0.39, 0.29) is 18.1 Å². The normalized spacial score (nSPS) is 10.8. The lowest BCUT2D eigenvalue weighted by Gasteiger charge is -2.17. The minimum Gasteiger partial charge on any atom is -0.325 e. The number of rotatable bonds is 6. The number of benzene rings is 2. The van der Waals surface area contributed by atoms with Gasteiger partial charge in [0.25, 0.3) is 5.69 Å². The van der Waals surface area contributed by atoms with Crippen LogP contribution in [0.3, 0.4) is 0 Å². The van der Waals surface area contributed by atoms with Gasteiger partial charge >= 0.3 is 0 Å². The highest BCUT2D eigenvalue weighted by Crippen LogP contribution is 2.23. The Kier molecular flexibility index (Phi) is 6.12. The zero-order chi connectivity index (χ0) is 18.6. The summed E-state index contributed by atoms with van der Waals surface area (Å²) in [6, 6.07) is 10.1. The average molecular weight is 362 g/mol. The molecule has 0 radical (unpaired) electrons. The molecule has 7 heteroatoms. The highest BCUT2D eigenvalue weighted by molar-refractivity contribution is 6.31. The van der Waals surface area contributed by atoms with Gasteiger partial charge in [-0.15, -0.1) is 0 Å². The molecule has 0 atom stereocenters. The summed E-state index contributed by atoms with van der Waals surface area (Å²) in [4.78, 5) is 24.4. The second kappa shape index (κ2) is 8.09. The van der Waals surface area contributed by atoms with Crippen molar-refractivity contribution in [1.82, 2.24) is 4.90 Å². The largest absolute Gasteiger partial charge is 0.325 e. The van der Waals surface area contributed by atoms with Crippen LogP contribution in [0.5, 0.6) is 0 Å². The van der Waals surface area contributed by atoms with Crippen LogP contribution in [0.1, 0.15) is 16.7 Å². The number of halogens is 1. The lowest BCUT2D eigenvalue weighted by atomic mass is 10.1. The van der Waals surface area contributed by atoms with Crippen molar-refractivity contribution in [2.75, 3.05) is 18.9 Å². The Hall–Kier alpha value is -2.44. The minimum absolute atomic E-state index is 0.0208. The molecule has 0 aromatic heterocycles. The lowest BCUT2D eigenvalue weighted by molar-refractivity contribution is -0.384. The molecular weight excluding hydrogens is 342 g/mol. The van der Waals surface area contributed by atoms with Gasteiger partial charge in [0.2, 0.25) is 5.91 Å². The topological polar surface area (TPSA) is 75.5 Å². The Bertz CT molecular complexity index is 808. The van der Waals surface area contributed by atoms with Gasteiger partial charge < -0.3 is 5.32 Å². The molecule has 0 aliphatic rings. The molecular formula is C18H20ClN3O3. The molecule has 1 N–H and O–H groups in total. The average Bonchev–Trinajstić information content (AvgIpc) is 2.52. The summed E-state index contributed by atoms with van der Waals surface area (Å²) in [5.74, 6) is -0.156. The second-order valence-corrected chi connectivity index (χ2v) is 6.48. The van der Waals surface area contributed by atoms with E-state index in [1.54, 1.807) is 11.9 Å². The number of carbonyl (C=O) groups excluding carboxylic acids is 1. The van der Waals surface area contributed by atoms with E-state index in [0.717, 1.165) is 16.8 Å². The Labute approximate surface area is 151 Å². The summed E-state index contributed by atoms with van der Waals surface area (Å²) in [5, 5.41) is 14.2. The van der Waals surface area contributed by atoms with E-state index in [1.807, 2.05) is 32.0 Å². The standard InChI is InChI=1S/C18H20ClN3O3/c1-12-4-7-17(13(2)8-12)20-18(23)11-21(3)10-14-9-15(22(24)25)5-6-16(14)19/h4-9H,10-11H2,1-3H3,(H,20,23). The van der Waals surface area contributed by atoms with E-state index in [4.69, 9.17) is 11.6 Å². The van der Waals surface area contributed by atoms with E-state index in [1.165, 1.54) is 18.2 Å². The Morgan fingerprint density at radius 3 is 2.60 bits per heavy atom. The van der Waals surface area contributed by atoms with Gasteiger partial charge in [0.15, 0.2) is 0 Å². The highest BCUT2D eigenvalue weighted by Gasteiger charge is 2.14. The van der Waals surface area contributed by atoms with Gasteiger partial charge in [-0.25, -0.2) is 0 Å². The van der Waals surface area contributed by atoms with Crippen molar-refractivity contribution in [2.24, 2.45) is 0 Å². The Balaban J connectivity index is 2.00. The fourth-order valence-electron chi connectivity index (χ4n) is 2.53. The molecule has 0 bridgehead atoms. The summed E-state index contributed by atoms with van der Waals surface area (Å²) in [5.41, 5.74) is 3.49. The molecule has 0 saturated heterocycles. The third kappa shape index (κ3) is 5.27. The van der Waals surface area contributed by atoms with Crippen LogP contribution in [0.15, 0.2) is 36.4 Å². The van der Waals surface area contributed by atoms with Gasteiger partial charge in [0.1, 0.15) is 0 Å². The molecule has 0 heterocycles. The predicted octanol–water partition coefficient (Wildman–Crippen LogP) is 3.94. The Morgan fingerprint density at radius 2 is 1.96 bits per heavy atom. The quantitative estimate of drug-likeness (QED) is 0.624. The van der Waals surface area contributed by atoms with E-state index < -0.39 is 4.92 Å². The van der Waals surface area contributed by atoms with Crippen LogP contribution >= 0.6 is 11.6 Å². The van der Waals surface area contributed by atoms with Gasteiger partial charge in [0, 0.05) is 29.4 Å². The SMILES string of the molecule is Cc1ccc(NC(=O)CN(C)Cc2cc([N+](=O)[O-])ccc2Cl)c(C)c1. The summed E-state index contributed by atoms with van der Waals surface area (Å²) in [6.07, 6.45) is 0.